The van der Waals surface area contributed by atoms with Gasteiger partial charge in [-0.05, 0) is 33.2 Å². The van der Waals surface area contributed by atoms with Crippen molar-refractivity contribution in [1.29, 1.82) is 0 Å². The molecule has 2 fully saturated rings. The van der Waals surface area contributed by atoms with E-state index in [2.05, 4.69) is 11.9 Å². The molecule has 0 radical (unpaired) electrons. The molecule has 0 aromatic rings. The van der Waals surface area contributed by atoms with Crippen LogP contribution >= 0.6 is 0 Å². The first-order valence-electron chi connectivity index (χ1n) is 5.01. The lowest BCUT2D eigenvalue weighted by Gasteiger charge is -2.39. The topological polar surface area (TPSA) is 40.5 Å². The van der Waals surface area contributed by atoms with Crippen molar-refractivity contribution < 1.29 is 9.90 Å². The van der Waals surface area contributed by atoms with E-state index in [4.69, 9.17) is 0 Å². The maximum atomic E-state index is 11.4. The first-order valence-corrected chi connectivity index (χ1v) is 5.01. The number of Topliss-reactive ketones (excluding diaryl/α,β-unsaturated/α-hetero) is 1. The molecule has 4 atom stereocenters. The van der Waals surface area contributed by atoms with Crippen LogP contribution < -0.4 is 0 Å². The van der Waals surface area contributed by atoms with E-state index in [1.165, 1.54) is 0 Å². The van der Waals surface area contributed by atoms with Crippen molar-refractivity contribution in [3.8, 4) is 0 Å². The number of hydrogen-bond acceptors (Lipinski definition) is 3. The van der Waals surface area contributed by atoms with E-state index < -0.39 is 6.10 Å². The van der Waals surface area contributed by atoms with Crippen molar-refractivity contribution in [3.05, 3.63) is 0 Å². The SMILES string of the molecule is CC(=O)C1C(O)CC2CCC1N2C. The summed E-state index contributed by atoms with van der Waals surface area (Å²) in [5.41, 5.74) is 0. The molecule has 0 aliphatic carbocycles. The van der Waals surface area contributed by atoms with E-state index in [9.17, 15) is 9.90 Å². The van der Waals surface area contributed by atoms with Gasteiger partial charge in [-0.15, -0.1) is 0 Å². The van der Waals surface area contributed by atoms with Gasteiger partial charge < -0.3 is 5.11 Å². The summed E-state index contributed by atoms with van der Waals surface area (Å²) in [7, 11) is 2.07. The first-order chi connectivity index (χ1) is 6.11. The Kier molecular flexibility index (Phi) is 2.16. The van der Waals surface area contributed by atoms with Crippen molar-refractivity contribution in [2.24, 2.45) is 5.92 Å². The number of aliphatic hydroxyl groups is 1. The van der Waals surface area contributed by atoms with E-state index in [0.29, 0.717) is 12.1 Å². The third kappa shape index (κ3) is 1.30. The summed E-state index contributed by atoms with van der Waals surface area (Å²) in [6.45, 7) is 1.60. The Morgan fingerprint density at radius 1 is 1.46 bits per heavy atom. The molecule has 1 N–H and O–H groups in total. The molecule has 2 heterocycles. The van der Waals surface area contributed by atoms with E-state index >= 15 is 0 Å². The van der Waals surface area contributed by atoms with Crippen molar-refractivity contribution in [2.75, 3.05) is 7.05 Å². The molecular weight excluding hydrogens is 166 g/mol. The predicted molar refractivity (Wildman–Crippen MR) is 49.4 cm³/mol. The fourth-order valence-corrected chi connectivity index (χ4v) is 2.98. The zero-order valence-corrected chi connectivity index (χ0v) is 8.23. The highest BCUT2D eigenvalue weighted by Crippen LogP contribution is 2.38. The summed E-state index contributed by atoms with van der Waals surface area (Å²) in [5.74, 6) is 0.00782. The van der Waals surface area contributed by atoms with Crippen LogP contribution in [0.2, 0.25) is 0 Å². The molecule has 2 aliphatic rings. The Morgan fingerprint density at radius 3 is 2.77 bits per heavy atom. The minimum Gasteiger partial charge on any atom is -0.392 e. The van der Waals surface area contributed by atoms with Crippen LogP contribution in [0.15, 0.2) is 0 Å². The highest BCUT2D eigenvalue weighted by atomic mass is 16.3. The quantitative estimate of drug-likeness (QED) is 0.640. The largest absolute Gasteiger partial charge is 0.392 e. The minimum atomic E-state index is -0.397. The average molecular weight is 183 g/mol. The molecule has 2 bridgehead atoms. The van der Waals surface area contributed by atoms with Crippen LogP contribution in [0.5, 0.6) is 0 Å². The molecule has 0 aromatic heterocycles. The van der Waals surface area contributed by atoms with Crippen LogP contribution in [0.3, 0.4) is 0 Å². The maximum absolute atomic E-state index is 11.4. The molecule has 74 valence electrons. The lowest BCUT2D eigenvalue weighted by atomic mass is 9.85. The molecule has 13 heavy (non-hydrogen) atoms. The van der Waals surface area contributed by atoms with Gasteiger partial charge in [0.15, 0.2) is 0 Å². The lowest BCUT2D eigenvalue weighted by Crippen LogP contribution is -2.51. The van der Waals surface area contributed by atoms with Gasteiger partial charge in [-0.3, -0.25) is 9.69 Å². The number of fused-ring (bicyclic) bond motifs is 2. The van der Waals surface area contributed by atoms with Crippen molar-refractivity contribution in [3.63, 3.8) is 0 Å². The summed E-state index contributed by atoms with van der Waals surface area (Å²) in [6.07, 6.45) is 2.59. The summed E-state index contributed by atoms with van der Waals surface area (Å²) in [5, 5.41) is 9.79. The van der Waals surface area contributed by atoms with E-state index in [1.807, 2.05) is 0 Å². The van der Waals surface area contributed by atoms with Crippen molar-refractivity contribution in [2.45, 2.75) is 44.4 Å². The Bertz CT molecular complexity index is 229. The highest BCUT2D eigenvalue weighted by Gasteiger charge is 2.46. The molecule has 0 aromatic carbocycles. The molecule has 2 aliphatic heterocycles. The summed E-state index contributed by atoms with van der Waals surface area (Å²) in [6, 6.07) is 0.807. The normalized spacial score (nSPS) is 45.2. The van der Waals surface area contributed by atoms with Gasteiger partial charge >= 0.3 is 0 Å². The van der Waals surface area contributed by atoms with Gasteiger partial charge in [-0.2, -0.15) is 0 Å². The maximum Gasteiger partial charge on any atom is 0.137 e. The second kappa shape index (κ2) is 3.07. The van der Waals surface area contributed by atoms with Gasteiger partial charge in [0.1, 0.15) is 5.78 Å². The van der Waals surface area contributed by atoms with E-state index in [1.54, 1.807) is 6.92 Å². The molecular formula is C10H17NO2. The third-order valence-corrected chi connectivity index (χ3v) is 3.71. The number of nitrogens with zero attached hydrogens (tertiary/aromatic N) is 1. The van der Waals surface area contributed by atoms with Crippen LogP contribution in [0.4, 0.5) is 0 Å². The van der Waals surface area contributed by atoms with Crippen LogP contribution in [-0.2, 0) is 4.79 Å². The number of carbonyl (C=O) groups is 1. The molecule has 4 unspecified atom stereocenters. The Hall–Kier alpha value is -0.410. The van der Waals surface area contributed by atoms with Crippen LogP contribution in [0.1, 0.15) is 26.2 Å². The smallest absolute Gasteiger partial charge is 0.137 e. The fourth-order valence-electron chi connectivity index (χ4n) is 2.98. The van der Waals surface area contributed by atoms with Crippen LogP contribution in [-0.4, -0.2) is 41.0 Å². The molecule has 2 saturated heterocycles. The Balaban J connectivity index is 2.21. The van der Waals surface area contributed by atoms with Crippen LogP contribution in [0.25, 0.3) is 0 Å². The van der Waals surface area contributed by atoms with Gasteiger partial charge in [-0.1, -0.05) is 0 Å². The summed E-state index contributed by atoms with van der Waals surface area (Å²) >= 11 is 0. The van der Waals surface area contributed by atoms with Crippen LogP contribution in [0, 0.1) is 5.92 Å². The number of rotatable bonds is 1. The van der Waals surface area contributed by atoms with Crippen molar-refractivity contribution in [1.82, 2.24) is 4.90 Å². The second-order valence-corrected chi connectivity index (χ2v) is 4.40. The molecule has 0 saturated carbocycles. The fraction of sp³-hybridized carbons (Fsp3) is 0.900. The Morgan fingerprint density at radius 2 is 2.15 bits per heavy atom. The van der Waals surface area contributed by atoms with Gasteiger partial charge in [0.2, 0.25) is 0 Å². The number of hydrogen-bond donors (Lipinski definition) is 1. The monoisotopic (exact) mass is 183 g/mol. The zero-order valence-electron chi connectivity index (χ0n) is 8.23. The number of ketones is 1. The molecule has 3 nitrogen and oxygen atoms in total. The standard InChI is InChI=1S/C10H17NO2/c1-6(12)10-8-4-3-7(11(8)2)5-9(10)13/h7-10,13H,3-5H2,1-2H3. The molecule has 0 amide bonds. The Labute approximate surface area is 78.7 Å². The minimum absolute atomic E-state index is 0.135. The number of carbonyl (C=O) groups excluding carboxylic acids is 1. The summed E-state index contributed by atoms with van der Waals surface area (Å²) in [4.78, 5) is 13.6. The lowest BCUT2D eigenvalue weighted by molar-refractivity contribution is -0.130. The number of piperidine rings is 1. The van der Waals surface area contributed by atoms with Gasteiger partial charge in [0.05, 0.1) is 12.0 Å². The first kappa shape index (κ1) is 9.16. The zero-order chi connectivity index (χ0) is 9.59. The van der Waals surface area contributed by atoms with Gasteiger partial charge in [-0.25, -0.2) is 0 Å². The highest BCUT2D eigenvalue weighted by molar-refractivity contribution is 5.80. The molecule has 3 heteroatoms. The second-order valence-electron chi connectivity index (χ2n) is 4.40. The predicted octanol–water partition coefficient (Wildman–Crippen LogP) is 0.419. The van der Waals surface area contributed by atoms with Gasteiger partial charge in [0, 0.05) is 12.1 Å². The van der Waals surface area contributed by atoms with E-state index in [0.717, 1.165) is 19.3 Å². The summed E-state index contributed by atoms with van der Waals surface area (Å²) < 4.78 is 0. The van der Waals surface area contributed by atoms with E-state index in [-0.39, 0.29) is 11.7 Å². The third-order valence-electron chi connectivity index (χ3n) is 3.71. The molecule has 2 rings (SSSR count). The van der Waals surface area contributed by atoms with Gasteiger partial charge in [0.25, 0.3) is 0 Å². The number of aliphatic hydroxyl groups excluding tert-OH is 1. The molecule has 0 spiro atoms. The average Bonchev–Trinajstić information content (AvgIpc) is 2.34. The van der Waals surface area contributed by atoms with Crippen molar-refractivity contribution >= 4 is 5.78 Å².